The summed E-state index contributed by atoms with van der Waals surface area (Å²) in [5.41, 5.74) is 1.78. The van der Waals surface area contributed by atoms with Crippen molar-refractivity contribution in [1.29, 1.82) is 0 Å². The van der Waals surface area contributed by atoms with Gasteiger partial charge in [0.2, 0.25) is 5.91 Å². The highest BCUT2D eigenvalue weighted by Gasteiger charge is 2.23. The molecular weight excluding hydrogens is 412 g/mol. The molecule has 1 amide bonds. The number of amides is 1. The second-order valence-electron chi connectivity index (χ2n) is 5.69. The molecule has 0 aliphatic carbocycles. The van der Waals surface area contributed by atoms with Gasteiger partial charge in [0, 0.05) is 6.26 Å². The van der Waals surface area contributed by atoms with Gasteiger partial charge in [-0.25, -0.2) is 13.4 Å². The summed E-state index contributed by atoms with van der Waals surface area (Å²) in [7, 11) is -3.28. The molecule has 9 heteroatoms. The molecule has 0 aliphatic rings. The molecule has 3 rings (SSSR count). The van der Waals surface area contributed by atoms with Crippen LogP contribution < -0.4 is 5.32 Å². The van der Waals surface area contributed by atoms with Crippen LogP contribution in [0.2, 0.25) is 4.34 Å². The van der Waals surface area contributed by atoms with Crippen molar-refractivity contribution in [2.24, 2.45) is 0 Å². The molecule has 0 saturated carbocycles. The molecule has 136 valence electrons. The van der Waals surface area contributed by atoms with Crippen LogP contribution in [0.3, 0.4) is 0 Å². The average molecular weight is 427 g/mol. The Labute approximate surface area is 164 Å². The smallest absolute Gasteiger partial charge is 0.234 e. The highest BCUT2D eigenvalue weighted by molar-refractivity contribution is 7.90. The van der Waals surface area contributed by atoms with Crippen molar-refractivity contribution in [1.82, 2.24) is 4.98 Å². The van der Waals surface area contributed by atoms with Crippen LogP contribution in [0.25, 0.3) is 0 Å². The lowest BCUT2D eigenvalue weighted by atomic mass is 9.92. The van der Waals surface area contributed by atoms with Gasteiger partial charge in [0.15, 0.2) is 15.0 Å². The topological polar surface area (TPSA) is 76.1 Å². The zero-order valence-corrected chi connectivity index (χ0v) is 16.9. The number of carbonyl (C=O) groups is 1. The molecule has 1 atom stereocenters. The Morgan fingerprint density at radius 2 is 2.00 bits per heavy atom. The first-order chi connectivity index (χ1) is 12.3. The molecule has 1 N–H and O–H groups in total. The first-order valence-corrected chi connectivity index (χ1v) is 11.6. The highest BCUT2D eigenvalue weighted by Crippen LogP contribution is 2.28. The fourth-order valence-electron chi connectivity index (χ4n) is 2.46. The van der Waals surface area contributed by atoms with Gasteiger partial charge in [0.1, 0.15) is 4.34 Å². The summed E-state index contributed by atoms with van der Waals surface area (Å²) in [5, 5.41) is 7.17. The van der Waals surface area contributed by atoms with Gasteiger partial charge in [-0.3, -0.25) is 4.79 Å². The molecule has 0 fully saturated rings. The number of nitrogens with one attached hydrogen (secondary N) is 1. The van der Waals surface area contributed by atoms with E-state index in [4.69, 9.17) is 11.6 Å². The number of carbonyl (C=O) groups excluding carboxylic acids is 1. The van der Waals surface area contributed by atoms with E-state index in [2.05, 4.69) is 10.3 Å². The van der Waals surface area contributed by atoms with Crippen LogP contribution in [0.1, 0.15) is 17.0 Å². The number of hydrogen-bond donors (Lipinski definition) is 1. The molecule has 1 unspecified atom stereocenters. The van der Waals surface area contributed by atoms with Crippen molar-refractivity contribution in [3.05, 3.63) is 62.8 Å². The van der Waals surface area contributed by atoms with E-state index in [9.17, 15) is 13.2 Å². The number of hydrogen-bond acceptors (Lipinski definition) is 6. The number of nitrogens with zero attached hydrogens (tertiary/aromatic N) is 1. The minimum atomic E-state index is -3.28. The van der Waals surface area contributed by atoms with Crippen molar-refractivity contribution in [3.8, 4) is 0 Å². The molecule has 0 aliphatic heterocycles. The number of halogens is 1. The Balaban J connectivity index is 1.88. The molecule has 3 aromatic rings. The maximum Gasteiger partial charge on any atom is 0.234 e. The Hall–Kier alpha value is -1.74. The predicted molar refractivity (Wildman–Crippen MR) is 106 cm³/mol. The van der Waals surface area contributed by atoms with E-state index in [0.717, 1.165) is 17.4 Å². The van der Waals surface area contributed by atoms with Gasteiger partial charge in [-0.2, -0.15) is 11.3 Å². The standard InChI is InChI=1S/C17H15ClN2O3S3/c1-26(22,23)13-4-2-12(3-5-13)14(8-11-6-7-24-10-11)16(21)20-17-19-9-15(18)25-17/h2-7,9-10,14H,8H2,1H3,(H,19,20,21). The van der Waals surface area contributed by atoms with Gasteiger partial charge in [-0.05, 0) is 46.5 Å². The monoisotopic (exact) mass is 426 g/mol. The van der Waals surface area contributed by atoms with Crippen molar-refractivity contribution < 1.29 is 13.2 Å². The van der Waals surface area contributed by atoms with E-state index < -0.39 is 15.8 Å². The zero-order chi connectivity index (χ0) is 18.7. The van der Waals surface area contributed by atoms with Crippen molar-refractivity contribution in [2.45, 2.75) is 17.2 Å². The summed E-state index contributed by atoms with van der Waals surface area (Å²) < 4.78 is 23.8. The predicted octanol–water partition coefficient (Wildman–Crippen LogP) is 4.23. The normalized spacial score (nSPS) is 12.7. The Morgan fingerprint density at radius 1 is 1.27 bits per heavy atom. The molecule has 5 nitrogen and oxygen atoms in total. The van der Waals surface area contributed by atoms with E-state index in [1.54, 1.807) is 23.5 Å². The SMILES string of the molecule is CS(=O)(=O)c1ccc(C(Cc2ccsc2)C(=O)Nc2ncc(Cl)s2)cc1. The van der Waals surface area contributed by atoms with Gasteiger partial charge in [-0.15, -0.1) is 0 Å². The van der Waals surface area contributed by atoms with Crippen LogP contribution in [0.15, 0.2) is 52.2 Å². The second-order valence-corrected chi connectivity index (χ2v) is 10.1. The molecule has 0 saturated heterocycles. The quantitative estimate of drug-likeness (QED) is 0.640. The van der Waals surface area contributed by atoms with E-state index in [-0.39, 0.29) is 10.8 Å². The van der Waals surface area contributed by atoms with Crippen LogP contribution in [-0.2, 0) is 21.1 Å². The Kier molecular flexibility index (Phi) is 5.76. The molecule has 0 bridgehead atoms. The van der Waals surface area contributed by atoms with Gasteiger partial charge in [-0.1, -0.05) is 35.1 Å². The highest BCUT2D eigenvalue weighted by atomic mass is 35.5. The summed E-state index contributed by atoms with van der Waals surface area (Å²) in [6.07, 6.45) is 3.15. The second kappa shape index (κ2) is 7.87. The molecule has 0 radical (unpaired) electrons. The molecule has 1 aromatic carbocycles. The zero-order valence-electron chi connectivity index (χ0n) is 13.7. The third-order valence-electron chi connectivity index (χ3n) is 3.75. The van der Waals surface area contributed by atoms with Crippen LogP contribution in [0, 0.1) is 0 Å². The maximum absolute atomic E-state index is 12.8. The molecule has 26 heavy (non-hydrogen) atoms. The van der Waals surface area contributed by atoms with Crippen LogP contribution in [0.4, 0.5) is 5.13 Å². The number of thiazole rings is 1. The summed E-state index contributed by atoms with van der Waals surface area (Å²) >= 11 is 8.62. The number of sulfone groups is 1. The lowest BCUT2D eigenvalue weighted by Gasteiger charge is -2.16. The van der Waals surface area contributed by atoms with Gasteiger partial charge >= 0.3 is 0 Å². The first kappa shape index (κ1) is 19.0. The Bertz CT molecular complexity index is 996. The fraction of sp³-hybridized carbons (Fsp3) is 0.176. The van der Waals surface area contributed by atoms with Crippen LogP contribution in [-0.4, -0.2) is 25.6 Å². The molecule has 2 heterocycles. The van der Waals surface area contributed by atoms with Gasteiger partial charge in [0.25, 0.3) is 0 Å². The lowest BCUT2D eigenvalue weighted by Crippen LogP contribution is -2.23. The first-order valence-electron chi connectivity index (χ1n) is 7.56. The van der Waals surface area contributed by atoms with Crippen molar-refractivity contribution in [3.63, 3.8) is 0 Å². The van der Waals surface area contributed by atoms with Crippen molar-refractivity contribution in [2.75, 3.05) is 11.6 Å². The summed E-state index contributed by atoms with van der Waals surface area (Å²) in [4.78, 5) is 17.1. The minimum Gasteiger partial charge on any atom is -0.301 e. The number of rotatable bonds is 6. The summed E-state index contributed by atoms with van der Waals surface area (Å²) in [6.45, 7) is 0. The van der Waals surface area contributed by atoms with E-state index in [1.807, 2.05) is 16.8 Å². The van der Waals surface area contributed by atoms with E-state index in [0.29, 0.717) is 15.9 Å². The third kappa shape index (κ3) is 4.70. The third-order valence-corrected chi connectivity index (χ3v) is 6.65. The Morgan fingerprint density at radius 3 is 2.54 bits per heavy atom. The van der Waals surface area contributed by atoms with Crippen LogP contribution in [0.5, 0.6) is 0 Å². The number of benzene rings is 1. The van der Waals surface area contributed by atoms with Crippen LogP contribution >= 0.6 is 34.3 Å². The largest absolute Gasteiger partial charge is 0.301 e. The van der Waals surface area contributed by atoms with Gasteiger partial charge in [0.05, 0.1) is 17.0 Å². The fourth-order valence-corrected chi connectivity index (χ4v) is 4.59. The number of aromatic nitrogens is 1. The van der Waals surface area contributed by atoms with Gasteiger partial charge < -0.3 is 5.32 Å². The van der Waals surface area contributed by atoms with E-state index >= 15 is 0 Å². The van der Waals surface area contributed by atoms with Crippen molar-refractivity contribution >= 4 is 55.2 Å². The average Bonchev–Trinajstić information content (AvgIpc) is 3.23. The number of anilines is 1. The summed E-state index contributed by atoms with van der Waals surface area (Å²) in [6, 6.07) is 8.39. The number of thiophene rings is 1. The maximum atomic E-state index is 12.8. The molecule has 0 spiro atoms. The minimum absolute atomic E-state index is 0.214. The summed E-state index contributed by atoms with van der Waals surface area (Å²) in [5.74, 6) is -0.685. The molecular formula is C17H15ClN2O3S3. The molecule has 2 aromatic heterocycles. The lowest BCUT2D eigenvalue weighted by molar-refractivity contribution is -0.117. The van der Waals surface area contributed by atoms with E-state index in [1.165, 1.54) is 29.7 Å².